The Morgan fingerprint density at radius 2 is 1.96 bits per heavy atom. The van der Waals surface area contributed by atoms with Crippen molar-refractivity contribution < 1.29 is 19.0 Å². The normalized spacial score (nSPS) is 12.5. The van der Waals surface area contributed by atoms with Crippen molar-refractivity contribution >= 4 is 5.91 Å². The van der Waals surface area contributed by atoms with Crippen LogP contribution in [0.1, 0.15) is 25.0 Å². The number of halogens is 1. The number of hydrogen-bond donors (Lipinski definition) is 2. The van der Waals surface area contributed by atoms with Crippen LogP contribution in [0.5, 0.6) is 5.75 Å². The predicted octanol–water partition coefficient (Wildman–Crippen LogP) is 2.97. The largest absolute Gasteiger partial charge is 0.491 e. The summed E-state index contributed by atoms with van der Waals surface area (Å²) in [5.41, 5.74) is 0.742. The van der Waals surface area contributed by atoms with Crippen LogP contribution in [0.15, 0.2) is 48.5 Å². The van der Waals surface area contributed by atoms with Gasteiger partial charge in [0, 0.05) is 6.54 Å². The Kier molecular flexibility index (Phi) is 6.15. The molecule has 2 aromatic rings. The van der Waals surface area contributed by atoms with E-state index in [4.69, 9.17) is 4.74 Å². The number of aryl methyl sites for hydroxylation is 1. The molecule has 0 heterocycles. The number of hydrogen-bond acceptors (Lipinski definition) is 3. The first-order chi connectivity index (χ1) is 11.8. The van der Waals surface area contributed by atoms with E-state index in [9.17, 15) is 14.3 Å². The summed E-state index contributed by atoms with van der Waals surface area (Å²) in [5, 5.41) is 12.7. The zero-order valence-electron chi connectivity index (χ0n) is 14.8. The molecule has 5 heteroatoms. The van der Waals surface area contributed by atoms with Crippen molar-refractivity contribution in [3.05, 3.63) is 65.5 Å². The third kappa shape index (κ3) is 5.29. The minimum atomic E-state index is -0.904. The van der Waals surface area contributed by atoms with Gasteiger partial charge in [-0.1, -0.05) is 24.3 Å². The minimum Gasteiger partial charge on any atom is -0.491 e. The fourth-order valence-electron chi connectivity index (χ4n) is 2.40. The lowest BCUT2D eigenvalue weighted by molar-refractivity contribution is -0.126. The summed E-state index contributed by atoms with van der Waals surface area (Å²) in [5.74, 6) is 0.00290. The minimum absolute atomic E-state index is 0.0589. The SMILES string of the molecule is Cc1cccc(OCC(O)CNC(=O)C(C)(C)c2cccc(F)c2)c1. The monoisotopic (exact) mass is 345 g/mol. The van der Waals surface area contributed by atoms with Gasteiger partial charge in [-0.05, 0) is 56.2 Å². The number of amides is 1. The molecule has 0 fully saturated rings. The molecular formula is C20H24FNO3. The summed E-state index contributed by atoms with van der Waals surface area (Å²) in [6, 6.07) is 13.5. The zero-order chi connectivity index (χ0) is 18.4. The maximum absolute atomic E-state index is 13.4. The molecule has 2 rings (SSSR count). The first kappa shape index (κ1) is 18.9. The maximum Gasteiger partial charge on any atom is 0.230 e. The Labute approximate surface area is 147 Å². The van der Waals surface area contributed by atoms with Crippen LogP contribution in [0, 0.1) is 12.7 Å². The van der Waals surface area contributed by atoms with Crippen LogP contribution in [-0.4, -0.2) is 30.3 Å². The Morgan fingerprint density at radius 1 is 1.24 bits per heavy atom. The van der Waals surface area contributed by atoms with Crippen molar-refractivity contribution in [3.63, 3.8) is 0 Å². The van der Waals surface area contributed by atoms with E-state index in [0.29, 0.717) is 11.3 Å². The van der Waals surface area contributed by atoms with Crippen molar-refractivity contribution in [3.8, 4) is 5.75 Å². The van der Waals surface area contributed by atoms with E-state index in [1.807, 2.05) is 31.2 Å². The molecule has 0 spiro atoms. The van der Waals surface area contributed by atoms with E-state index in [1.54, 1.807) is 26.0 Å². The second-order valence-electron chi connectivity index (χ2n) is 6.63. The Morgan fingerprint density at radius 3 is 2.64 bits per heavy atom. The molecule has 0 aliphatic rings. The van der Waals surface area contributed by atoms with E-state index in [-0.39, 0.29) is 24.9 Å². The Balaban J connectivity index is 1.86. The van der Waals surface area contributed by atoms with E-state index in [1.165, 1.54) is 12.1 Å². The van der Waals surface area contributed by atoms with Crippen LogP contribution in [0.3, 0.4) is 0 Å². The van der Waals surface area contributed by atoms with Gasteiger partial charge in [-0.2, -0.15) is 0 Å². The van der Waals surface area contributed by atoms with Crippen LogP contribution in [0.25, 0.3) is 0 Å². The van der Waals surface area contributed by atoms with Crippen molar-refractivity contribution in [2.45, 2.75) is 32.3 Å². The van der Waals surface area contributed by atoms with E-state index < -0.39 is 11.5 Å². The van der Waals surface area contributed by atoms with Crippen LogP contribution in [0.2, 0.25) is 0 Å². The molecule has 0 saturated carbocycles. The molecule has 0 aliphatic heterocycles. The predicted molar refractivity (Wildman–Crippen MR) is 95.1 cm³/mol. The molecule has 25 heavy (non-hydrogen) atoms. The lowest BCUT2D eigenvalue weighted by Gasteiger charge is -2.25. The van der Waals surface area contributed by atoms with Gasteiger partial charge < -0.3 is 15.2 Å². The van der Waals surface area contributed by atoms with Gasteiger partial charge in [0.1, 0.15) is 24.3 Å². The van der Waals surface area contributed by atoms with Gasteiger partial charge >= 0.3 is 0 Å². The molecule has 1 amide bonds. The third-order valence-electron chi connectivity index (χ3n) is 4.04. The fraction of sp³-hybridized carbons (Fsp3) is 0.350. The highest BCUT2D eigenvalue weighted by molar-refractivity contribution is 5.87. The number of aliphatic hydroxyl groups excluding tert-OH is 1. The fourth-order valence-corrected chi connectivity index (χ4v) is 2.40. The van der Waals surface area contributed by atoms with Crippen LogP contribution >= 0.6 is 0 Å². The van der Waals surface area contributed by atoms with Crippen LogP contribution < -0.4 is 10.1 Å². The molecule has 0 radical (unpaired) electrons. The molecular weight excluding hydrogens is 321 g/mol. The molecule has 134 valence electrons. The Hall–Kier alpha value is -2.40. The standard InChI is InChI=1S/C20H24FNO3/c1-14-6-4-9-18(10-14)25-13-17(23)12-22-19(24)20(2,3)15-7-5-8-16(21)11-15/h4-11,17,23H,12-13H2,1-3H3,(H,22,24). The average molecular weight is 345 g/mol. The highest BCUT2D eigenvalue weighted by Gasteiger charge is 2.30. The van der Waals surface area contributed by atoms with Gasteiger partial charge in [0.15, 0.2) is 0 Å². The summed E-state index contributed by atoms with van der Waals surface area (Å²) in [6.07, 6.45) is -0.840. The van der Waals surface area contributed by atoms with Crippen LogP contribution in [-0.2, 0) is 10.2 Å². The van der Waals surface area contributed by atoms with Gasteiger partial charge in [0.25, 0.3) is 0 Å². The topological polar surface area (TPSA) is 58.6 Å². The zero-order valence-corrected chi connectivity index (χ0v) is 14.8. The highest BCUT2D eigenvalue weighted by atomic mass is 19.1. The summed E-state index contributed by atoms with van der Waals surface area (Å²) < 4.78 is 18.9. The second-order valence-corrected chi connectivity index (χ2v) is 6.63. The number of carbonyl (C=O) groups is 1. The molecule has 1 unspecified atom stereocenters. The molecule has 0 aliphatic carbocycles. The van der Waals surface area contributed by atoms with Gasteiger partial charge in [0.05, 0.1) is 5.41 Å². The summed E-state index contributed by atoms with van der Waals surface area (Å²) in [4.78, 5) is 12.4. The Bertz CT molecular complexity index is 730. The second kappa shape index (κ2) is 8.12. The lowest BCUT2D eigenvalue weighted by Crippen LogP contribution is -2.44. The molecule has 0 aromatic heterocycles. The average Bonchev–Trinajstić information content (AvgIpc) is 2.57. The van der Waals surface area contributed by atoms with E-state index in [0.717, 1.165) is 5.56 Å². The number of ether oxygens (including phenoxy) is 1. The first-order valence-corrected chi connectivity index (χ1v) is 8.21. The smallest absolute Gasteiger partial charge is 0.230 e. The molecule has 2 N–H and O–H groups in total. The number of nitrogens with one attached hydrogen (secondary N) is 1. The maximum atomic E-state index is 13.4. The first-order valence-electron chi connectivity index (χ1n) is 8.21. The summed E-state index contributed by atoms with van der Waals surface area (Å²) in [7, 11) is 0. The number of benzene rings is 2. The molecule has 4 nitrogen and oxygen atoms in total. The molecule has 2 aromatic carbocycles. The van der Waals surface area contributed by atoms with Crippen molar-refractivity contribution in [1.82, 2.24) is 5.32 Å². The highest BCUT2D eigenvalue weighted by Crippen LogP contribution is 2.24. The van der Waals surface area contributed by atoms with Gasteiger partial charge in [0.2, 0.25) is 5.91 Å². The van der Waals surface area contributed by atoms with E-state index in [2.05, 4.69) is 5.32 Å². The third-order valence-corrected chi connectivity index (χ3v) is 4.04. The van der Waals surface area contributed by atoms with Crippen LogP contribution in [0.4, 0.5) is 4.39 Å². The van der Waals surface area contributed by atoms with E-state index >= 15 is 0 Å². The number of carbonyl (C=O) groups excluding carboxylic acids is 1. The lowest BCUT2D eigenvalue weighted by atomic mass is 9.83. The van der Waals surface area contributed by atoms with Gasteiger partial charge in [-0.25, -0.2) is 4.39 Å². The summed E-state index contributed by atoms with van der Waals surface area (Å²) >= 11 is 0. The number of aliphatic hydroxyl groups is 1. The van der Waals surface area contributed by atoms with Gasteiger partial charge in [-0.3, -0.25) is 4.79 Å². The van der Waals surface area contributed by atoms with Gasteiger partial charge in [-0.15, -0.1) is 0 Å². The molecule has 0 bridgehead atoms. The summed E-state index contributed by atoms with van der Waals surface area (Å²) in [6.45, 7) is 5.52. The quantitative estimate of drug-likeness (QED) is 0.811. The van der Waals surface area contributed by atoms with Crippen molar-refractivity contribution in [2.24, 2.45) is 0 Å². The molecule has 1 atom stereocenters. The van der Waals surface area contributed by atoms with Crippen molar-refractivity contribution in [2.75, 3.05) is 13.2 Å². The molecule has 0 saturated heterocycles. The van der Waals surface area contributed by atoms with Crippen molar-refractivity contribution in [1.29, 1.82) is 0 Å². The number of rotatable bonds is 7.